The van der Waals surface area contributed by atoms with Gasteiger partial charge in [0.1, 0.15) is 18.2 Å². The number of hydrogen-bond donors (Lipinski definition) is 0. The highest BCUT2D eigenvalue weighted by atomic mass is 35.5. The molecule has 0 spiro atoms. The zero-order valence-corrected chi connectivity index (χ0v) is 17.9. The molecule has 0 atom stereocenters. The molecule has 0 radical (unpaired) electrons. The predicted octanol–water partition coefficient (Wildman–Crippen LogP) is 5.05. The largest absolute Gasteiger partial charge is 0.478 e. The van der Waals surface area contributed by atoms with Gasteiger partial charge in [-0.05, 0) is 60.4 Å². The number of ketones is 1. The molecule has 0 bridgehead atoms. The number of aromatic nitrogens is 1. The van der Waals surface area contributed by atoms with E-state index in [-0.39, 0.29) is 5.78 Å². The second kappa shape index (κ2) is 8.17. The van der Waals surface area contributed by atoms with Crippen LogP contribution in [0.4, 0.5) is 0 Å². The van der Waals surface area contributed by atoms with Crippen molar-refractivity contribution in [2.75, 3.05) is 13.3 Å². The van der Waals surface area contributed by atoms with E-state index in [0.29, 0.717) is 30.3 Å². The number of ether oxygens (including phenoxy) is 2. The minimum Gasteiger partial charge on any atom is -0.478 e. The van der Waals surface area contributed by atoms with Gasteiger partial charge >= 0.3 is 0 Å². The van der Waals surface area contributed by atoms with E-state index in [1.54, 1.807) is 18.5 Å². The van der Waals surface area contributed by atoms with E-state index in [4.69, 9.17) is 21.1 Å². The second-order valence-corrected chi connectivity index (χ2v) is 8.24. The van der Waals surface area contributed by atoms with Crippen molar-refractivity contribution in [2.24, 2.45) is 0 Å². The van der Waals surface area contributed by atoms with Crippen molar-refractivity contribution in [3.05, 3.63) is 93.5 Å². The molecule has 2 aliphatic heterocycles. The first kappa shape index (κ1) is 19.8. The molecule has 0 saturated carbocycles. The van der Waals surface area contributed by atoms with Gasteiger partial charge < -0.3 is 9.47 Å². The van der Waals surface area contributed by atoms with Crippen molar-refractivity contribution in [3.8, 4) is 11.5 Å². The van der Waals surface area contributed by atoms with E-state index >= 15 is 0 Å². The average molecular weight is 433 g/mol. The molecule has 2 aliphatic rings. The molecule has 3 heterocycles. The lowest BCUT2D eigenvalue weighted by Crippen LogP contribution is -2.33. The van der Waals surface area contributed by atoms with E-state index in [1.807, 2.05) is 49.4 Å². The van der Waals surface area contributed by atoms with Crippen LogP contribution in [-0.2, 0) is 13.0 Å². The zero-order valence-electron chi connectivity index (χ0n) is 17.1. The van der Waals surface area contributed by atoms with E-state index in [0.717, 1.165) is 40.4 Å². The third kappa shape index (κ3) is 3.94. The Balaban J connectivity index is 1.39. The average Bonchev–Trinajstić information content (AvgIpc) is 3.11. The number of hydrogen-bond acceptors (Lipinski definition) is 5. The number of Topliss-reactive ketones (excluding diaryl/α,β-unsaturated/α-hetero) is 1. The summed E-state index contributed by atoms with van der Waals surface area (Å²) in [5.74, 6) is 1.62. The highest BCUT2D eigenvalue weighted by Crippen LogP contribution is 2.44. The third-order valence-electron chi connectivity index (χ3n) is 5.60. The van der Waals surface area contributed by atoms with Crippen LogP contribution < -0.4 is 9.47 Å². The van der Waals surface area contributed by atoms with Gasteiger partial charge in [-0.2, -0.15) is 0 Å². The Bertz CT molecular complexity index is 1170. The smallest absolute Gasteiger partial charge is 0.232 e. The maximum absolute atomic E-state index is 13.0. The van der Waals surface area contributed by atoms with Gasteiger partial charge in [0, 0.05) is 30.5 Å². The van der Waals surface area contributed by atoms with Crippen molar-refractivity contribution in [1.82, 2.24) is 9.88 Å². The lowest BCUT2D eigenvalue weighted by Gasteiger charge is -2.30. The van der Waals surface area contributed by atoms with Gasteiger partial charge in [0.2, 0.25) is 5.78 Å². The minimum absolute atomic E-state index is 0.0996. The minimum atomic E-state index is -0.0996. The number of nitrogens with zero attached hydrogens (tertiary/aromatic N) is 2. The van der Waals surface area contributed by atoms with E-state index in [9.17, 15) is 4.79 Å². The molecule has 0 aliphatic carbocycles. The van der Waals surface area contributed by atoms with Crippen LogP contribution in [0.25, 0.3) is 6.08 Å². The number of carbonyl (C=O) groups is 1. The molecule has 0 saturated heterocycles. The normalized spacial score (nSPS) is 16.6. The van der Waals surface area contributed by atoms with Crippen LogP contribution in [0.2, 0.25) is 5.02 Å². The van der Waals surface area contributed by atoms with E-state index < -0.39 is 0 Å². The zero-order chi connectivity index (χ0) is 21.4. The maximum Gasteiger partial charge on any atom is 0.232 e. The summed E-state index contributed by atoms with van der Waals surface area (Å²) in [5.41, 5.74) is 4.45. The number of fused-ring (bicyclic) bond motifs is 3. The van der Waals surface area contributed by atoms with Crippen LogP contribution in [0.1, 0.15) is 32.6 Å². The number of allylic oxidation sites excluding steroid dienone is 1. The van der Waals surface area contributed by atoms with Gasteiger partial charge in [-0.15, -0.1) is 0 Å². The van der Waals surface area contributed by atoms with Crippen molar-refractivity contribution in [2.45, 2.75) is 19.9 Å². The van der Waals surface area contributed by atoms with Gasteiger partial charge in [0.15, 0.2) is 5.76 Å². The monoisotopic (exact) mass is 432 g/mol. The van der Waals surface area contributed by atoms with E-state index in [1.165, 1.54) is 5.56 Å². The van der Waals surface area contributed by atoms with Gasteiger partial charge in [0.25, 0.3) is 0 Å². The van der Waals surface area contributed by atoms with Crippen LogP contribution in [0.5, 0.6) is 11.5 Å². The summed E-state index contributed by atoms with van der Waals surface area (Å²) in [5, 5.41) is 0.738. The number of pyridine rings is 1. The van der Waals surface area contributed by atoms with Crippen LogP contribution in [0.15, 0.2) is 60.6 Å². The lowest BCUT2D eigenvalue weighted by atomic mass is 9.98. The molecule has 5 rings (SSSR count). The predicted molar refractivity (Wildman–Crippen MR) is 119 cm³/mol. The summed E-state index contributed by atoms with van der Waals surface area (Å²) in [6, 6.07) is 13.6. The summed E-state index contributed by atoms with van der Waals surface area (Å²) >= 11 is 5.98. The third-order valence-corrected chi connectivity index (χ3v) is 5.85. The fraction of sp³-hybridized carbons (Fsp3) is 0.200. The summed E-state index contributed by atoms with van der Waals surface area (Å²) in [6.45, 7) is 3.92. The lowest BCUT2D eigenvalue weighted by molar-refractivity contribution is 0.0949. The van der Waals surface area contributed by atoms with Gasteiger partial charge in [-0.1, -0.05) is 29.8 Å². The number of benzene rings is 2. The van der Waals surface area contributed by atoms with Gasteiger partial charge in [-0.25, -0.2) is 0 Å². The molecule has 6 heteroatoms. The SMILES string of the molecule is Cc1cc2c(c3c1C(=O)/C(=C\c1cccnc1)O3)CN(CCc1ccc(Cl)cc1)CO2. The number of rotatable bonds is 4. The van der Waals surface area contributed by atoms with Gasteiger partial charge in [-0.3, -0.25) is 14.7 Å². The summed E-state index contributed by atoms with van der Waals surface area (Å²) in [6.07, 6.45) is 6.03. The maximum atomic E-state index is 13.0. The first-order valence-electron chi connectivity index (χ1n) is 10.2. The number of aryl methyl sites for hydroxylation is 1. The second-order valence-electron chi connectivity index (χ2n) is 7.80. The Hall–Kier alpha value is -3.15. The van der Waals surface area contributed by atoms with Crippen molar-refractivity contribution < 1.29 is 14.3 Å². The molecule has 1 aromatic heterocycles. The fourth-order valence-corrected chi connectivity index (χ4v) is 4.10. The van der Waals surface area contributed by atoms with E-state index in [2.05, 4.69) is 9.88 Å². The first-order chi connectivity index (χ1) is 15.1. The summed E-state index contributed by atoms with van der Waals surface area (Å²) in [7, 11) is 0. The Morgan fingerprint density at radius 2 is 2.06 bits per heavy atom. The number of carbonyl (C=O) groups excluding carboxylic acids is 1. The van der Waals surface area contributed by atoms with Crippen LogP contribution in [0, 0.1) is 6.92 Å². The molecule has 0 amide bonds. The molecule has 5 nitrogen and oxygen atoms in total. The van der Waals surface area contributed by atoms with Crippen LogP contribution in [0.3, 0.4) is 0 Å². The fourth-order valence-electron chi connectivity index (χ4n) is 3.97. The summed E-state index contributed by atoms with van der Waals surface area (Å²) < 4.78 is 12.1. The van der Waals surface area contributed by atoms with Crippen molar-refractivity contribution in [1.29, 1.82) is 0 Å². The van der Waals surface area contributed by atoms with Crippen molar-refractivity contribution >= 4 is 23.5 Å². The molecule has 156 valence electrons. The Morgan fingerprint density at radius 1 is 1.23 bits per heavy atom. The standard InChI is InChI=1S/C25H21ClN2O3/c1-16-11-21-20(14-28(15-30-21)10-8-17-4-6-19(26)7-5-17)25-23(16)24(29)22(31-25)12-18-3-2-9-27-13-18/h2-7,9,11-13H,8,10,14-15H2,1H3/b22-12+. The molecule has 3 aromatic rings. The highest BCUT2D eigenvalue weighted by molar-refractivity contribution is 6.30. The molecule has 0 unspecified atom stereocenters. The first-order valence-corrected chi connectivity index (χ1v) is 10.6. The Kier molecular flexibility index (Phi) is 5.22. The Labute approximate surface area is 185 Å². The topological polar surface area (TPSA) is 51.7 Å². The van der Waals surface area contributed by atoms with Crippen LogP contribution in [-0.4, -0.2) is 28.9 Å². The molecule has 31 heavy (non-hydrogen) atoms. The molecule has 0 N–H and O–H groups in total. The quantitative estimate of drug-likeness (QED) is 0.540. The highest BCUT2D eigenvalue weighted by Gasteiger charge is 2.35. The molecule has 0 fully saturated rings. The van der Waals surface area contributed by atoms with Gasteiger partial charge in [0.05, 0.1) is 11.1 Å². The molecule has 2 aromatic carbocycles. The molecular formula is C25H21ClN2O3. The summed E-state index contributed by atoms with van der Waals surface area (Å²) in [4.78, 5) is 19.4. The molecular weight excluding hydrogens is 412 g/mol. The van der Waals surface area contributed by atoms with Crippen molar-refractivity contribution in [3.63, 3.8) is 0 Å². The number of halogens is 1. The Morgan fingerprint density at radius 3 is 2.84 bits per heavy atom. The van der Waals surface area contributed by atoms with Crippen LogP contribution >= 0.6 is 11.6 Å².